The van der Waals surface area contributed by atoms with E-state index in [9.17, 15) is 9.90 Å². The van der Waals surface area contributed by atoms with Crippen LogP contribution in [-0.4, -0.2) is 26.9 Å². The van der Waals surface area contributed by atoms with Crippen LogP contribution in [-0.2, 0) is 0 Å². The van der Waals surface area contributed by atoms with E-state index in [-0.39, 0.29) is 5.56 Å². The second-order valence-electron chi connectivity index (χ2n) is 4.67. The van der Waals surface area contributed by atoms with Gasteiger partial charge >= 0.3 is 5.97 Å². The average Bonchev–Trinajstić information content (AvgIpc) is 2.83. The second kappa shape index (κ2) is 5.26. The molecular weight excluding hydrogens is 284 g/mol. The molecule has 1 heterocycles. The summed E-state index contributed by atoms with van der Waals surface area (Å²) in [5, 5.41) is 9.40. The fraction of sp³-hybridized carbons (Fsp3) is 0.125. The summed E-state index contributed by atoms with van der Waals surface area (Å²) in [6.45, 7) is 1.88. The van der Waals surface area contributed by atoms with Gasteiger partial charge in [-0.3, -0.25) is 4.57 Å². The molecule has 4 nitrogen and oxygen atoms in total. The minimum Gasteiger partial charge on any atom is -0.478 e. The summed E-state index contributed by atoms with van der Waals surface area (Å²) in [6, 6.07) is 13.2. The highest BCUT2D eigenvalue weighted by Gasteiger charge is 2.16. The van der Waals surface area contributed by atoms with E-state index in [1.165, 1.54) is 4.90 Å². The second-order valence-corrected chi connectivity index (χ2v) is 5.55. The molecule has 0 saturated heterocycles. The minimum absolute atomic E-state index is 0.266. The van der Waals surface area contributed by atoms with E-state index < -0.39 is 5.97 Å². The first kappa shape index (κ1) is 13.7. The number of para-hydroxylation sites is 1. The van der Waals surface area contributed by atoms with Gasteiger partial charge in [-0.05, 0) is 49.6 Å². The molecule has 3 rings (SSSR count). The standard InChI is InChI=1S/C16H14N2O2S/c1-10-17-14-5-3-4-13(16(19)20)15(14)18(10)11-6-8-12(21-2)9-7-11/h3-9H,1-2H3,(H,19,20). The number of hydrogen-bond donors (Lipinski definition) is 1. The van der Waals surface area contributed by atoms with Gasteiger partial charge in [-0.2, -0.15) is 0 Å². The summed E-state index contributed by atoms with van der Waals surface area (Å²) in [5.74, 6) is -0.168. The molecule has 0 saturated carbocycles. The monoisotopic (exact) mass is 298 g/mol. The molecular formula is C16H14N2O2S. The Hall–Kier alpha value is -2.27. The quantitative estimate of drug-likeness (QED) is 0.748. The normalized spacial score (nSPS) is 11.0. The van der Waals surface area contributed by atoms with Gasteiger partial charge in [0.25, 0.3) is 0 Å². The van der Waals surface area contributed by atoms with Crippen molar-refractivity contribution in [2.24, 2.45) is 0 Å². The topological polar surface area (TPSA) is 55.1 Å². The number of benzene rings is 2. The van der Waals surface area contributed by atoms with Crippen LogP contribution in [0.25, 0.3) is 16.7 Å². The van der Waals surface area contributed by atoms with Crippen LogP contribution in [0.1, 0.15) is 16.2 Å². The molecule has 0 aliphatic heterocycles. The molecule has 21 heavy (non-hydrogen) atoms. The van der Waals surface area contributed by atoms with Gasteiger partial charge in [-0.1, -0.05) is 6.07 Å². The number of nitrogens with zero attached hydrogens (tertiary/aromatic N) is 2. The van der Waals surface area contributed by atoms with E-state index in [1.54, 1.807) is 23.9 Å². The van der Waals surface area contributed by atoms with Crippen LogP contribution in [0.4, 0.5) is 0 Å². The zero-order valence-electron chi connectivity index (χ0n) is 11.7. The zero-order valence-corrected chi connectivity index (χ0v) is 12.5. The van der Waals surface area contributed by atoms with Crippen LogP contribution in [0, 0.1) is 6.92 Å². The van der Waals surface area contributed by atoms with Crippen molar-refractivity contribution in [1.82, 2.24) is 9.55 Å². The van der Waals surface area contributed by atoms with Gasteiger partial charge in [0.2, 0.25) is 0 Å². The van der Waals surface area contributed by atoms with Crippen molar-refractivity contribution >= 4 is 28.8 Å². The molecule has 3 aromatic rings. The van der Waals surface area contributed by atoms with E-state index in [4.69, 9.17) is 0 Å². The maximum Gasteiger partial charge on any atom is 0.337 e. The van der Waals surface area contributed by atoms with Crippen LogP contribution in [0.2, 0.25) is 0 Å². The van der Waals surface area contributed by atoms with Crippen molar-refractivity contribution in [2.45, 2.75) is 11.8 Å². The number of aryl methyl sites for hydroxylation is 1. The Labute approximate surface area is 126 Å². The van der Waals surface area contributed by atoms with E-state index in [0.717, 1.165) is 11.5 Å². The number of imidazole rings is 1. The fourth-order valence-corrected chi connectivity index (χ4v) is 2.87. The third-order valence-electron chi connectivity index (χ3n) is 3.41. The van der Waals surface area contributed by atoms with Crippen LogP contribution < -0.4 is 0 Å². The zero-order chi connectivity index (χ0) is 15.0. The molecule has 5 heteroatoms. The van der Waals surface area contributed by atoms with Crippen molar-refractivity contribution in [2.75, 3.05) is 6.26 Å². The molecule has 0 aliphatic rings. The lowest BCUT2D eigenvalue weighted by Gasteiger charge is -2.09. The van der Waals surface area contributed by atoms with Crippen molar-refractivity contribution in [3.8, 4) is 5.69 Å². The molecule has 0 bridgehead atoms. The fourth-order valence-electron chi connectivity index (χ4n) is 2.46. The Morgan fingerprint density at radius 2 is 1.90 bits per heavy atom. The third-order valence-corrected chi connectivity index (χ3v) is 4.15. The summed E-state index contributed by atoms with van der Waals surface area (Å²) in [7, 11) is 0. The van der Waals surface area contributed by atoms with E-state index in [1.807, 2.05) is 48.1 Å². The Morgan fingerprint density at radius 3 is 2.52 bits per heavy atom. The first-order chi connectivity index (χ1) is 10.1. The molecule has 2 aromatic carbocycles. The number of fused-ring (bicyclic) bond motifs is 1. The summed E-state index contributed by atoms with van der Waals surface area (Å²) >= 11 is 1.67. The Bertz CT molecular complexity index is 822. The van der Waals surface area contributed by atoms with Crippen LogP contribution in [0.5, 0.6) is 0 Å². The van der Waals surface area contributed by atoms with Crippen LogP contribution in [0.15, 0.2) is 47.4 Å². The molecule has 106 valence electrons. The molecule has 0 atom stereocenters. The summed E-state index contributed by atoms with van der Waals surface area (Å²) in [6.07, 6.45) is 2.02. The average molecular weight is 298 g/mol. The van der Waals surface area contributed by atoms with Crippen molar-refractivity contribution in [3.63, 3.8) is 0 Å². The lowest BCUT2D eigenvalue weighted by atomic mass is 10.1. The summed E-state index contributed by atoms with van der Waals surface area (Å²) < 4.78 is 1.89. The van der Waals surface area contributed by atoms with E-state index >= 15 is 0 Å². The molecule has 1 N–H and O–H groups in total. The molecule has 0 radical (unpaired) electrons. The van der Waals surface area contributed by atoms with Gasteiger partial charge < -0.3 is 5.11 Å². The number of carboxylic acid groups (broad SMARTS) is 1. The van der Waals surface area contributed by atoms with Gasteiger partial charge in [0, 0.05) is 10.6 Å². The molecule has 0 spiro atoms. The number of aromatic nitrogens is 2. The Kier molecular flexibility index (Phi) is 3.43. The smallest absolute Gasteiger partial charge is 0.337 e. The highest BCUT2D eigenvalue weighted by Crippen LogP contribution is 2.26. The number of carboxylic acids is 1. The Balaban J connectivity index is 2.30. The van der Waals surface area contributed by atoms with Crippen molar-refractivity contribution in [3.05, 3.63) is 53.9 Å². The number of rotatable bonds is 3. The largest absolute Gasteiger partial charge is 0.478 e. The lowest BCUT2D eigenvalue weighted by Crippen LogP contribution is -2.03. The molecule has 0 fully saturated rings. The molecule has 0 amide bonds. The predicted molar refractivity (Wildman–Crippen MR) is 84.5 cm³/mol. The number of aromatic carboxylic acids is 1. The lowest BCUT2D eigenvalue weighted by molar-refractivity contribution is 0.0698. The highest BCUT2D eigenvalue weighted by atomic mass is 32.2. The highest BCUT2D eigenvalue weighted by molar-refractivity contribution is 7.98. The van der Waals surface area contributed by atoms with Crippen LogP contribution >= 0.6 is 11.8 Å². The number of hydrogen-bond acceptors (Lipinski definition) is 3. The van der Waals surface area contributed by atoms with Gasteiger partial charge in [0.15, 0.2) is 0 Å². The predicted octanol–water partition coefficient (Wildman–Crippen LogP) is 3.75. The maximum absolute atomic E-state index is 11.5. The first-order valence-electron chi connectivity index (χ1n) is 6.47. The maximum atomic E-state index is 11.5. The van der Waals surface area contributed by atoms with Gasteiger partial charge in [-0.25, -0.2) is 9.78 Å². The van der Waals surface area contributed by atoms with Gasteiger partial charge in [0.1, 0.15) is 5.82 Å². The Morgan fingerprint density at radius 1 is 1.19 bits per heavy atom. The summed E-state index contributed by atoms with van der Waals surface area (Å²) in [5.41, 5.74) is 2.52. The minimum atomic E-state index is -0.942. The third kappa shape index (κ3) is 2.29. The van der Waals surface area contributed by atoms with Gasteiger partial charge in [0.05, 0.1) is 16.6 Å². The van der Waals surface area contributed by atoms with E-state index in [2.05, 4.69) is 4.98 Å². The van der Waals surface area contributed by atoms with Gasteiger partial charge in [-0.15, -0.1) is 11.8 Å². The molecule has 0 aliphatic carbocycles. The molecule has 1 aromatic heterocycles. The molecule has 0 unspecified atom stereocenters. The first-order valence-corrected chi connectivity index (χ1v) is 7.70. The van der Waals surface area contributed by atoms with Crippen LogP contribution in [0.3, 0.4) is 0 Å². The van der Waals surface area contributed by atoms with Crippen molar-refractivity contribution < 1.29 is 9.90 Å². The summed E-state index contributed by atoms with van der Waals surface area (Å²) in [4.78, 5) is 17.1. The number of thioether (sulfide) groups is 1. The van der Waals surface area contributed by atoms with Crippen molar-refractivity contribution in [1.29, 1.82) is 0 Å². The number of carbonyl (C=O) groups is 1. The SMILES string of the molecule is CSc1ccc(-n2c(C)nc3cccc(C(=O)O)c32)cc1. The van der Waals surface area contributed by atoms with E-state index in [0.29, 0.717) is 11.0 Å².